The fourth-order valence-corrected chi connectivity index (χ4v) is 4.24. The third kappa shape index (κ3) is 7.19. The van der Waals surface area contributed by atoms with Crippen LogP contribution in [0.5, 0.6) is 0 Å². The Morgan fingerprint density at radius 1 is 1.06 bits per heavy atom. The van der Waals surface area contributed by atoms with Gasteiger partial charge in [-0.3, -0.25) is 9.69 Å². The average Bonchev–Trinajstić information content (AvgIpc) is 3.38. The quantitative estimate of drug-likeness (QED) is 0.267. The smallest absolute Gasteiger partial charge is 0.248 e. The van der Waals surface area contributed by atoms with Crippen LogP contribution in [-0.4, -0.2) is 65.7 Å². The zero-order chi connectivity index (χ0) is 25.3. The summed E-state index contributed by atoms with van der Waals surface area (Å²) in [7, 11) is 3.90. The molecule has 1 saturated heterocycles. The van der Waals surface area contributed by atoms with Crippen LogP contribution in [0.15, 0.2) is 65.8 Å². The summed E-state index contributed by atoms with van der Waals surface area (Å²) in [5.41, 5.74) is 2.32. The van der Waals surface area contributed by atoms with Gasteiger partial charge in [0.05, 0.1) is 16.8 Å². The molecular formula is C26H32N8OS. The highest BCUT2D eigenvalue weighted by Crippen LogP contribution is 2.28. The van der Waals surface area contributed by atoms with Crippen LogP contribution in [0, 0.1) is 0 Å². The standard InChI is InChI=1S/C26H32N8OS/c1-33(2)23-12-11-21(17-27-23)31-26-28-18-22(36-3)25(32-26)30-20-9-6-8-19(16-20)29-24(35)10-7-15-34-13-4-5-14-34/h6-12,16-18H,4-5,13-15H2,1-3H3,(H,29,35)(H2,28,30,31,32)/b10-7+. The molecule has 3 heterocycles. The highest BCUT2D eigenvalue weighted by atomic mass is 32.2. The summed E-state index contributed by atoms with van der Waals surface area (Å²) in [6, 6.07) is 11.4. The lowest BCUT2D eigenvalue weighted by molar-refractivity contribution is -0.111. The van der Waals surface area contributed by atoms with Crippen LogP contribution in [0.3, 0.4) is 0 Å². The second kappa shape index (κ2) is 12.4. The fourth-order valence-electron chi connectivity index (χ4n) is 3.79. The number of hydrogen-bond acceptors (Lipinski definition) is 9. The molecular weight excluding hydrogens is 472 g/mol. The summed E-state index contributed by atoms with van der Waals surface area (Å²) in [5, 5.41) is 9.50. The van der Waals surface area contributed by atoms with Crippen LogP contribution in [0.25, 0.3) is 0 Å². The SMILES string of the molecule is CSc1cnc(Nc2ccc(N(C)C)nc2)nc1Nc1cccc(NC(=O)/C=C/CN2CCCC2)c1. The molecule has 2 aromatic heterocycles. The lowest BCUT2D eigenvalue weighted by Gasteiger charge is -2.14. The van der Waals surface area contributed by atoms with Gasteiger partial charge in [0.1, 0.15) is 11.6 Å². The van der Waals surface area contributed by atoms with Gasteiger partial charge in [-0.2, -0.15) is 4.98 Å². The number of carbonyl (C=O) groups excluding carboxylic acids is 1. The molecule has 1 aromatic carbocycles. The Kier molecular flexibility index (Phi) is 8.75. The Hall–Kier alpha value is -3.63. The Morgan fingerprint density at radius 3 is 2.58 bits per heavy atom. The molecule has 4 rings (SSSR count). The summed E-state index contributed by atoms with van der Waals surface area (Å²) in [4.78, 5) is 31.1. The van der Waals surface area contributed by atoms with Gasteiger partial charge in [0.25, 0.3) is 0 Å². The Labute approximate surface area is 216 Å². The molecule has 3 N–H and O–H groups in total. The van der Waals surface area contributed by atoms with E-state index in [9.17, 15) is 4.79 Å². The van der Waals surface area contributed by atoms with Crippen LogP contribution in [0.2, 0.25) is 0 Å². The third-order valence-corrected chi connectivity index (χ3v) is 6.40. The molecule has 0 bridgehead atoms. The molecule has 1 fully saturated rings. The van der Waals surface area contributed by atoms with Crippen molar-refractivity contribution in [1.29, 1.82) is 0 Å². The van der Waals surface area contributed by atoms with Gasteiger partial charge in [0, 0.05) is 44.3 Å². The highest BCUT2D eigenvalue weighted by molar-refractivity contribution is 7.98. The first-order chi connectivity index (χ1) is 17.5. The lowest BCUT2D eigenvalue weighted by atomic mass is 10.2. The molecule has 9 nitrogen and oxygen atoms in total. The van der Waals surface area contributed by atoms with Crippen molar-refractivity contribution in [2.24, 2.45) is 0 Å². The number of pyridine rings is 1. The highest BCUT2D eigenvalue weighted by Gasteiger charge is 2.10. The van der Waals surface area contributed by atoms with E-state index in [-0.39, 0.29) is 5.91 Å². The van der Waals surface area contributed by atoms with Gasteiger partial charge in [-0.15, -0.1) is 11.8 Å². The van der Waals surface area contributed by atoms with E-state index in [4.69, 9.17) is 0 Å². The average molecular weight is 505 g/mol. The van der Waals surface area contributed by atoms with Crippen molar-refractivity contribution in [3.8, 4) is 0 Å². The number of nitrogens with one attached hydrogen (secondary N) is 3. The van der Waals surface area contributed by atoms with Crippen molar-refractivity contribution in [1.82, 2.24) is 19.9 Å². The minimum absolute atomic E-state index is 0.140. The first kappa shape index (κ1) is 25.5. The number of rotatable bonds is 10. The molecule has 3 aromatic rings. The van der Waals surface area contributed by atoms with Crippen LogP contribution >= 0.6 is 11.8 Å². The number of likely N-dealkylation sites (tertiary alicyclic amines) is 1. The van der Waals surface area contributed by atoms with Gasteiger partial charge in [0.15, 0.2) is 0 Å². The van der Waals surface area contributed by atoms with Crippen molar-refractivity contribution in [3.05, 3.63) is 60.9 Å². The molecule has 188 valence electrons. The van der Waals surface area contributed by atoms with Gasteiger partial charge >= 0.3 is 0 Å². The summed E-state index contributed by atoms with van der Waals surface area (Å²) >= 11 is 1.55. The van der Waals surface area contributed by atoms with Gasteiger partial charge < -0.3 is 20.9 Å². The van der Waals surface area contributed by atoms with E-state index in [1.165, 1.54) is 12.8 Å². The van der Waals surface area contributed by atoms with Gasteiger partial charge in [-0.1, -0.05) is 12.1 Å². The largest absolute Gasteiger partial charge is 0.363 e. The molecule has 1 aliphatic heterocycles. The summed E-state index contributed by atoms with van der Waals surface area (Å²) in [6.07, 6.45) is 11.5. The van der Waals surface area contributed by atoms with E-state index in [0.29, 0.717) is 17.5 Å². The van der Waals surface area contributed by atoms with Gasteiger partial charge in [0.2, 0.25) is 11.9 Å². The van der Waals surface area contributed by atoms with E-state index < -0.39 is 0 Å². The number of carbonyl (C=O) groups is 1. The predicted molar refractivity (Wildman–Crippen MR) is 149 cm³/mol. The summed E-state index contributed by atoms with van der Waals surface area (Å²) in [5.74, 6) is 1.86. The van der Waals surface area contributed by atoms with Crippen molar-refractivity contribution >= 4 is 52.3 Å². The fraction of sp³-hybridized carbons (Fsp3) is 0.308. The maximum absolute atomic E-state index is 12.4. The van der Waals surface area contributed by atoms with E-state index in [2.05, 4.69) is 35.8 Å². The van der Waals surface area contributed by atoms with Crippen molar-refractivity contribution in [2.45, 2.75) is 17.7 Å². The monoisotopic (exact) mass is 504 g/mol. The van der Waals surface area contributed by atoms with Crippen LogP contribution in [0.1, 0.15) is 12.8 Å². The zero-order valence-corrected chi connectivity index (χ0v) is 21.7. The topological polar surface area (TPSA) is 98.3 Å². The molecule has 36 heavy (non-hydrogen) atoms. The summed E-state index contributed by atoms with van der Waals surface area (Å²) < 4.78 is 0. The van der Waals surface area contributed by atoms with Crippen molar-refractivity contribution in [2.75, 3.05) is 60.8 Å². The van der Waals surface area contributed by atoms with Crippen LogP contribution in [-0.2, 0) is 4.79 Å². The number of amides is 1. The number of thioether (sulfide) groups is 1. The maximum Gasteiger partial charge on any atom is 0.248 e. The van der Waals surface area contributed by atoms with E-state index >= 15 is 0 Å². The minimum atomic E-state index is -0.140. The third-order valence-electron chi connectivity index (χ3n) is 5.66. The molecule has 10 heteroatoms. The molecule has 1 amide bonds. The second-order valence-corrected chi connectivity index (χ2v) is 9.49. The van der Waals surface area contributed by atoms with Crippen LogP contribution < -0.4 is 20.9 Å². The number of anilines is 6. The number of nitrogens with zero attached hydrogens (tertiary/aromatic N) is 5. The van der Waals surface area contributed by atoms with Crippen molar-refractivity contribution in [3.63, 3.8) is 0 Å². The molecule has 0 aliphatic carbocycles. The van der Waals surface area contributed by atoms with Crippen LogP contribution in [0.4, 0.5) is 34.6 Å². The van der Waals surface area contributed by atoms with Gasteiger partial charge in [-0.05, 0) is 62.5 Å². The second-order valence-electron chi connectivity index (χ2n) is 8.64. The van der Waals surface area contributed by atoms with Gasteiger partial charge in [-0.25, -0.2) is 9.97 Å². The lowest BCUT2D eigenvalue weighted by Crippen LogP contribution is -2.19. The number of benzene rings is 1. The zero-order valence-electron chi connectivity index (χ0n) is 20.9. The summed E-state index contributed by atoms with van der Waals surface area (Å²) in [6.45, 7) is 3.03. The maximum atomic E-state index is 12.4. The number of hydrogen-bond donors (Lipinski definition) is 3. The number of aromatic nitrogens is 3. The Bertz CT molecular complexity index is 1190. The Morgan fingerprint density at radius 2 is 1.86 bits per heavy atom. The normalized spacial score (nSPS) is 13.6. The molecule has 0 saturated carbocycles. The molecule has 0 atom stereocenters. The minimum Gasteiger partial charge on any atom is -0.363 e. The first-order valence-corrected chi connectivity index (χ1v) is 13.1. The Balaban J connectivity index is 1.41. The molecule has 0 radical (unpaired) electrons. The predicted octanol–water partition coefficient (Wildman–Crippen LogP) is 4.74. The van der Waals surface area contributed by atoms with E-state index in [1.54, 1.807) is 30.2 Å². The molecule has 0 spiro atoms. The molecule has 0 unspecified atom stereocenters. The van der Waals surface area contributed by atoms with Crippen molar-refractivity contribution < 1.29 is 4.79 Å². The van der Waals surface area contributed by atoms with E-state index in [1.807, 2.05) is 67.7 Å². The van der Waals surface area contributed by atoms with E-state index in [0.717, 1.165) is 41.7 Å². The molecule has 1 aliphatic rings. The first-order valence-electron chi connectivity index (χ1n) is 11.9.